The fourth-order valence-corrected chi connectivity index (χ4v) is 2.05. The van der Waals surface area contributed by atoms with E-state index in [9.17, 15) is 0 Å². The Morgan fingerprint density at radius 1 is 1.42 bits per heavy atom. The molecule has 0 saturated heterocycles. The van der Waals surface area contributed by atoms with Crippen molar-refractivity contribution < 1.29 is 0 Å². The first kappa shape index (κ1) is 14.3. The summed E-state index contributed by atoms with van der Waals surface area (Å²) in [6.07, 6.45) is 2.98. The summed E-state index contributed by atoms with van der Waals surface area (Å²) >= 11 is 3.42. The van der Waals surface area contributed by atoms with E-state index in [1.165, 1.54) is 0 Å². The summed E-state index contributed by atoms with van der Waals surface area (Å²) in [5, 5.41) is 7.64. The number of nitrogens with zero attached hydrogens (tertiary/aromatic N) is 4. The molecular formula is C13H20BrN5. The van der Waals surface area contributed by atoms with E-state index in [0.29, 0.717) is 12.0 Å². The molecule has 0 aliphatic rings. The van der Waals surface area contributed by atoms with Crippen molar-refractivity contribution in [2.24, 2.45) is 0 Å². The van der Waals surface area contributed by atoms with Gasteiger partial charge in [0.25, 0.3) is 0 Å². The lowest BCUT2D eigenvalue weighted by atomic mass is 10.3. The minimum absolute atomic E-state index is 0.589. The van der Waals surface area contributed by atoms with E-state index in [1.54, 1.807) is 4.52 Å². The third-order valence-corrected chi connectivity index (χ3v) is 3.62. The van der Waals surface area contributed by atoms with Crippen LogP contribution in [-0.4, -0.2) is 45.7 Å². The second kappa shape index (κ2) is 6.34. The second-order valence-electron chi connectivity index (χ2n) is 4.94. The zero-order valence-corrected chi connectivity index (χ0v) is 13.2. The van der Waals surface area contributed by atoms with Gasteiger partial charge in [-0.15, -0.1) is 5.10 Å². The van der Waals surface area contributed by atoms with E-state index in [4.69, 9.17) is 0 Å². The second-order valence-corrected chi connectivity index (χ2v) is 5.86. The first-order chi connectivity index (χ1) is 9.06. The molecule has 0 atom stereocenters. The van der Waals surface area contributed by atoms with E-state index in [1.807, 2.05) is 18.3 Å². The molecule has 2 aromatic rings. The quantitative estimate of drug-likeness (QED) is 0.829. The average molecular weight is 326 g/mol. The van der Waals surface area contributed by atoms with Gasteiger partial charge in [-0.25, -0.2) is 4.52 Å². The summed E-state index contributed by atoms with van der Waals surface area (Å²) in [6, 6.07) is 4.49. The van der Waals surface area contributed by atoms with Gasteiger partial charge >= 0.3 is 0 Å². The van der Waals surface area contributed by atoms with Crippen molar-refractivity contribution in [1.82, 2.24) is 19.5 Å². The third kappa shape index (κ3) is 3.91. The molecule has 0 saturated carbocycles. The summed E-state index contributed by atoms with van der Waals surface area (Å²) in [7, 11) is 2.14. The maximum absolute atomic E-state index is 4.41. The van der Waals surface area contributed by atoms with Crippen LogP contribution in [0.1, 0.15) is 20.3 Å². The van der Waals surface area contributed by atoms with Crippen molar-refractivity contribution in [2.45, 2.75) is 26.3 Å². The van der Waals surface area contributed by atoms with Crippen molar-refractivity contribution in [1.29, 1.82) is 0 Å². The van der Waals surface area contributed by atoms with Gasteiger partial charge in [0.2, 0.25) is 5.95 Å². The number of hydrogen-bond donors (Lipinski definition) is 1. The summed E-state index contributed by atoms with van der Waals surface area (Å²) in [4.78, 5) is 6.74. The Balaban J connectivity index is 1.85. The first-order valence-corrected chi connectivity index (χ1v) is 7.31. The molecule has 0 aromatic carbocycles. The lowest BCUT2D eigenvalue weighted by Crippen LogP contribution is -2.28. The van der Waals surface area contributed by atoms with Crippen molar-refractivity contribution >= 4 is 27.5 Å². The Morgan fingerprint density at radius 2 is 2.21 bits per heavy atom. The topological polar surface area (TPSA) is 45.5 Å². The number of hydrogen-bond acceptors (Lipinski definition) is 4. The van der Waals surface area contributed by atoms with Crippen LogP contribution < -0.4 is 5.32 Å². The van der Waals surface area contributed by atoms with E-state index < -0.39 is 0 Å². The summed E-state index contributed by atoms with van der Waals surface area (Å²) < 4.78 is 2.77. The lowest BCUT2D eigenvalue weighted by Gasteiger charge is -2.20. The Labute approximate surface area is 122 Å². The van der Waals surface area contributed by atoms with Crippen LogP contribution in [0.3, 0.4) is 0 Å². The number of aromatic nitrogens is 3. The van der Waals surface area contributed by atoms with Crippen LogP contribution in [0.2, 0.25) is 0 Å². The van der Waals surface area contributed by atoms with Gasteiger partial charge in [0, 0.05) is 23.3 Å². The average Bonchev–Trinajstić information content (AvgIpc) is 2.75. The van der Waals surface area contributed by atoms with Crippen molar-refractivity contribution in [2.75, 3.05) is 25.5 Å². The molecule has 0 radical (unpaired) electrons. The van der Waals surface area contributed by atoms with E-state index in [2.05, 4.69) is 57.1 Å². The minimum atomic E-state index is 0.589. The summed E-state index contributed by atoms with van der Waals surface area (Å²) in [5.41, 5.74) is 0.852. The molecular weight excluding hydrogens is 306 g/mol. The summed E-state index contributed by atoms with van der Waals surface area (Å²) in [5.74, 6) is 0.685. The molecule has 104 valence electrons. The van der Waals surface area contributed by atoms with Gasteiger partial charge in [0.1, 0.15) is 0 Å². The van der Waals surface area contributed by atoms with Gasteiger partial charge < -0.3 is 10.2 Å². The van der Waals surface area contributed by atoms with Crippen LogP contribution >= 0.6 is 15.9 Å². The molecule has 0 aliphatic heterocycles. The minimum Gasteiger partial charge on any atom is -0.353 e. The molecule has 5 nitrogen and oxygen atoms in total. The number of anilines is 1. The molecule has 0 aliphatic carbocycles. The number of nitrogens with one attached hydrogen (secondary N) is 1. The van der Waals surface area contributed by atoms with Crippen LogP contribution in [0, 0.1) is 0 Å². The normalized spacial score (nSPS) is 11.7. The molecule has 2 heterocycles. The van der Waals surface area contributed by atoms with Gasteiger partial charge in [-0.3, -0.25) is 0 Å². The molecule has 0 bridgehead atoms. The fraction of sp³-hybridized carbons (Fsp3) is 0.538. The van der Waals surface area contributed by atoms with Gasteiger partial charge in [0.15, 0.2) is 5.65 Å². The van der Waals surface area contributed by atoms with Crippen molar-refractivity contribution in [3.05, 3.63) is 22.8 Å². The molecule has 0 amide bonds. The maximum atomic E-state index is 4.41. The predicted octanol–water partition coefficient (Wildman–Crippen LogP) is 2.63. The van der Waals surface area contributed by atoms with Crippen LogP contribution in [0.4, 0.5) is 5.95 Å². The van der Waals surface area contributed by atoms with Gasteiger partial charge in [-0.1, -0.05) is 0 Å². The standard InChI is InChI=1S/C13H20BrN5/c1-10(2)18(3)8-4-7-15-13-16-12-6-5-11(14)9-19(12)17-13/h5-6,9-10H,4,7-8H2,1-3H3,(H,15,17). The van der Waals surface area contributed by atoms with Crippen molar-refractivity contribution in [3.8, 4) is 0 Å². The Bertz CT molecular complexity index is 537. The van der Waals surface area contributed by atoms with Gasteiger partial charge in [-0.2, -0.15) is 4.98 Å². The number of halogens is 1. The van der Waals surface area contributed by atoms with Gasteiger partial charge in [-0.05, 0) is 61.9 Å². The maximum Gasteiger partial charge on any atom is 0.243 e. The highest BCUT2D eigenvalue weighted by molar-refractivity contribution is 9.10. The molecule has 0 unspecified atom stereocenters. The molecule has 2 rings (SSSR count). The highest BCUT2D eigenvalue weighted by Crippen LogP contribution is 2.12. The zero-order chi connectivity index (χ0) is 13.8. The largest absolute Gasteiger partial charge is 0.353 e. The highest BCUT2D eigenvalue weighted by Gasteiger charge is 2.04. The van der Waals surface area contributed by atoms with Gasteiger partial charge in [0.05, 0.1) is 0 Å². The molecule has 2 aromatic heterocycles. The number of fused-ring (bicyclic) bond motifs is 1. The molecule has 0 fully saturated rings. The van der Waals surface area contributed by atoms with Crippen LogP contribution in [-0.2, 0) is 0 Å². The summed E-state index contributed by atoms with van der Waals surface area (Å²) in [6.45, 7) is 6.36. The number of rotatable bonds is 6. The zero-order valence-electron chi connectivity index (χ0n) is 11.6. The van der Waals surface area contributed by atoms with Crippen LogP contribution in [0.25, 0.3) is 5.65 Å². The molecule has 19 heavy (non-hydrogen) atoms. The lowest BCUT2D eigenvalue weighted by molar-refractivity contribution is 0.273. The third-order valence-electron chi connectivity index (χ3n) is 3.15. The van der Waals surface area contributed by atoms with Crippen LogP contribution in [0.15, 0.2) is 22.8 Å². The Hall–Kier alpha value is -1.14. The van der Waals surface area contributed by atoms with Crippen molar-refractivity contribution in [3.63, 3.8) is 0 Å². The Morgan fingerprint density at radius 3 is 2.95 bits per heavy atom. The molecule has 1 N–H and O–H groups in total. The van der Waals surface area contributed by atoms with Crippen LogP contribution in [0.5, 0.6) is 0 Å². The number of pyridine rings is 1. The highest BCUT2D eigenvalue weighted by atomic mass is 79.9. The SMILES string of the molecule is CC(C)N(C)CCCNc1nc2ccc(Br)cn2n1. The smallest absolute Gasteiger partial charge is 0.243 e. The monoisotopic (exact) mass is 325 g/mol. The van der Waals surface area contributed by atoms with E-state index in [0.717, 1.165) is 29.6 Å². The Kier molecular flexibility index (Phi) is 4.76. The predicted molar refractivity (Wildman–Crippen MR) is 81.6 cm³/mol. The molecule has 0 spiro atoms. The van der Waals surface area contributed by atoms with E-state index >= 15 is 0 Å². The fourth-order valence-electron chi connectivity index (χ4n) is 1.72. The van der Waals surface area contributed by atoms with E-state index in [-0.39, 0.29) is 0 Å². The first-order valence-electron chi connectivity index (χ1n) is 6.52. The molecule has 6 heteroatoms.